The summed E-state index contributed by atoms with van der Waals surface area (Å²) in [5.74, 6) is 0.606. The fraction of sp³-hybridized carbons (Fsp3) is 0.476. The van der Waals surface area contributed by atoms with Gasteiger partial charge in [0.2, 0.25) is 0 Å². The number of sulfone groups is 1. The highest BCUT2D eigenvalue weighted by atomic mass is 32.2. The Morgan fingerprint density at radius 1 is 1.27 bits per heavy atom. The maximum absolute atomic E-state index is 13.8. The second-order valence-electron chi connectivity index (χ2n) is 8.45. The zero-order valence-corrected chi connectivity index (χ0v) is 17.8. The van der Waals surface area contributed by atoms with E-state index in [1.807, 2.05) is 13.8 Å². The van der Waals surface area contributed by atoms with Gasteiger partial charge in [0, 0.05) is 18.1 Å². The van der Waals surface area contributed by atoms with E-state index >= 15 is 0 Å². The Labute approximate surface area is 174 Å². The van der Waals surface area contributed by atoms with Crippen LogP contribution in [-0.4, -0.2) is 57.6 Å². The number of hydrogen-bond donors (Lipinski definition) is 0. The number of amides is 1. The van der Waals surface area contributed by atoms with Crippen LogP contribution in [0.25, 0.3) is 22.5 Å². The van der Waals surface area contributed by atoms with Crippen molar-refractivity contribution in [3.8, 4) is 11.5 Å². The Morgan fingerprint density at radius 2 is 2.07 bits per heavy atom. The molecule has 30 heavy (non-hydrogen) atoms. The number of rotatable bonds is 5. The van der Waals surface area contributed by atoms with Crippen molar-refractivity contribution in [1.29, 1.82) is 0 Å². The van der Waals surface area contributed by atoms with E-state index in [1.165, 1.54) is 0 Å². The van der Waals surface area contributed by atoms with Crippen molar-refractivity contribution >= 4 is 26.8 Å². The van der Waals surface area contributed by atoms with Crippen molar-refractivity contribution in [3.63, 3.8) is 0 Å². The van der Waals surface area contributed by atoms with Gasteiger partial charge >= 0.3 is 0 Å². The average Bonchev–Trinajstić information content (AvgIpc) is 3.09. The highest BCUT2D eigenvalue weighted by Crippen LogP contribution is 2.35. The number of carbonyl (C=O) groups is 1. The van der Waals surface area contributed by atoms with Crippen LogP contribution in [0.15, 0.2) is 35.1 Å². The average molecular weight is 429 g/mol. The zero-order chi connectivity index (χ0) is 21.0. The SMILES string of the molecule is CC(C)n1ncc2c(C(=O)N(C3CC3)C3CCS(=O)(=O)C3)cc(-c3ccco3)nc21. The molecule has 0 bridgehead atoms. The molecule has 2 aliphatic rings. The number of fused-ring (bicyclic) bond motifs is 1. The molecule has 2 fully saturated rings. The molecule has 4 heterocycles. The first kappa shape index (κ1) is 19.3. The molecule has 158 valence electrons. The minimum absolute atomic E-state index is 0.0414. The highest BCUT2D eigenvalue weighted by Gasteiger charge is 2.43. The molecule has 8 nitrogen and oxygen atoms in total. The maximum atomic E-state index is 13.8. The fourth-order valence-electron chi connectivity index (χ4n) is 4.24. The number of nitrogens with zero attached hydrogens (tertiary/aromatic N) is 4. The van der Waals surface area contributed by atoms with Gasteiger partial charge in [0.15, 0.2) is 21.2 Å². The van der Waals surface area contributed by atoms with Crippen LogP contribution in [-0.2, 0) is 9.84 Å². The number of pyridine rings is 1. The van der Waals surface area contributed by atoms with Gasteiger partial charge in [0.25, 0.3) is 5.91 Å². The first-order valence-corrected chi connectivity index (χ1v) is 12.1. The molecular weight excluding hydrogens is 404 g/mol. The molecule has 9 heteroatoms. The fourth-order valence-corrected chi connectivity index (χ4v) is 5.95. The Balaban J connectivity index is 1.64. The molecule has 0 aromatic carbocycles. The molecule has 1 saturated heterocycles. The molecular formula is C21H24N4O4S. The highest BCUT2D eigenvalue weighted by molar-refractivity contribution is 7.91. The number of carbonyl (C=O) groups excluding carboxylic acids is 1. The lowest BCUT2D eigenvalue weighted by Crippen LogP contribution is -2.42. The lowest BCUT2D eigenvalue weighted by molar-refractivity contribution is 0.0683. The van der Waals surface area contributed by atoms with E-state index in [4.69, 9.17) is 9.40 Å². The molecule has 0 spiro atoms. The van der Waals surface area contributed by atoms with Crippen LogP contribution < -0.4 is 0 Å². The maximum Gasteiger partial charge on any atom is 0.255 e. The third-order valence-electron chi connectivity index (χ3n) is 5.84. The van der Waals surface area contributed by atoms with Gasteiger partial charge in [-0.25, -0.2) is 18.1 Å². The van der Waals surface area contributed by atoms with Crippen molar-refractivity contribution in [2.45, 2.75) is 51.2 Å². The Bertz CT molecular complexity index is 1210. The quantitative estimate of drug-likeness (QED) is 0.619. The van der Waals surface area contributed by atoms with Gasteiger partial charge in [-0.05, 0) is 51.3 Å². The van der Waals surface area contributed by atoms with E-state index in [0.29, 0.717) is 34.5 Å². The molecule has 1 unspecified atom stereocenters. The summed E-state index contributed by atoms with van der Waals surface area (Å²) in [6.45, 7) is 4.02. The number of aromatic nitrogens is 3. The lowest BCUT2D eigenvalue weighted by atomic mass is 10.1. The first-order valence-electron chi connectivity index (χ1n) is 10.3. The Morgan fingerprint density at radius 3 is 2.67 bits per heavy atom. The summed E-state index contributed by atoms with van der Waals surface area (Å²) >= 11 is 0. The summed E-state index contributed by atoms with van der Waals surface area (Å²) in [5, 5.41) is 5.13. The van der Waals surface area contributed by atoms with Crippen LogP contribution in [0.1, 0.15) is 49.5 Å². The van der Waals surface area contributed by atoms with Gasteiger partial charge in [0.05, 0.1) is 34.9 Å². The molecule has 5 rings (SSSR count). The zero-order valence-electron chi connectivity index (χ0n) is 17.0. The molecule has 0 N–H and O–H groups in total. The van der Waals surface area contributed by atoms with Gasteiger partial charge in [-0.2, -0.15) is 5.10 Å². The number of hydrogen-bond acceptors (Lipinski definition) is 6. The van der Waals surface area contributed by atoms with Crippen LogP contribution in [0.4, 0.5) is 0 Å². The summed E-state index contributed by atoms with van der Waals surface area (Å²) in [6, 6.07) is 5.23. The largest absolute Gasteiger partial charge is 0.463 e. The number of furan rings is 1. The van der Waals surface area contributed by atoms with E-state index in [2.05, 4.69) is 5.10 Å². The monoisotopic (exact) mass is 428 g/mol. The van der Waals surface area contributed by atoms with Crippen LogP contribution in [0.3, 0.4) is 0 Å². The molecule has 3 aromatic heterocycles. The summed E-state index contributed by atoms with van der Waals surface area (Å²) in [5.41, 5.74) is 1.68. The molecule has 1 amide bonds. The second kappa shape index (κ2) is 6.94. The lowest BCUT2D eigenvalue weighted by Gasteiger charge is -2.28. The van der Waals surface area contributed by atoms with Crippen LogP contribution in [0.5, 0.6) is 0 Å². The van der Waals surface area contributed by atoms with Crippen LogP contribution in [0, 0.1) is 0 Å². The first-order chi connectivity index (χ1) is 14.3. The van der Waals surface area contributed by atoms with Crippen molar-refractivity contribution in [2.24, 2.45) is 0 Å². The minimum atomic E-state index is -3.09. The summed E-state index contributed by atoms with van der Waals surface area (Å²) in [7, 11) is -3.09. The van der Waals surface area contributed by atoms with E-state index in [-0.39, 0.29) is 35.5 Å². The van der Waals surface area contributed by atoms with E-state index < -0.39 is 9.84 Å². The third kappa shape index (κ3) is 3.30. The predicted molar refractivity (Wildman–Crippen MR) is 112 cm³/mol. The Kier molecular flexibility index (Phi) is 4.46. The van der Waals surface area contributed by atoms with E-state index in [9.17, 15) is 13.2 Å². The second-order valence-corrected chi connectivity index (χ2v) is 10.7. The normalized spacial score (nSPS) is 20.8. The molecule has 3 aromatic rings. The minimum Gasteiger partial charge on any atom is -0.463 e. The van der Waals surface area contributed by atoms with E-state index in [1.54, 1.807) is 40.2 Å². The topological polar surface area (TPSA) is 98.3 Å². The smallest absolute Gasteiger partial charge is 0.255 e. The third-order valence-corrected chi connectivity index (χ3v) is 7.59. The van der Waals surface area contributed by atoms with Gasteiger partial charge in [-0.15, -0.1) is 0 Å². The Hall–Kier alpha value is -2.68. The van der Waals surface area contributed by atoms with Crippen molar-refractivity contribution in [3.05, 3.63) is 36.2 Å². The van der Waals surface area contributed by atoms with Crippen LogP contribution in [0.2, 0.25) is 0 Å². The van der Waals surface area contributed by atoms with Crippen molar-refractivity contribution in [1.82, 2.24) is 19.7 Å². The molecule has 1 aliphatic carbocycles. The van der Waals surface area contributed by atoms with Crippen molar-refractivity contribution < 1.29 is 17.6 Å². The van der Waals surface area contributed by atoms with Gasteiger partial charge in [-0.3, -0.25) is 4.79 Å². The van der Waals surface area contributed by atoms with Gasteiger partial charge in [-0.1, -0.05) is 0 Å². The molecule has 1 aliphatic heterocycles. The summed E-state index contributed by atoms with van der Waals surface area (Å²) < 4.78 is 31.5. The standard InChI is InChI=1S/C21H24N4O4S/c1-13(2)25-20-17(11-22-25)16(10-18(23-20)19-4-3-8-29-19)21(26)24(14-5-6-14)15-7-9-30(27,28)12-15/h3-4,8,10-11,13-15H,5-7,9,12H2,1-2H3. The molecule has 0 radical (unpaired) electrons. The molecule has 1 atom stereocenters. The predicted octanol–water partition coefficient (Wildman–Crippen LogP) is 3.06. The van der Waals surface area contributed by atoms with Gasteiger partial charge in [0.1, 0.15) is 5.69 Å². The summed E-state index contributed by atoms with van der Waals surface area (Å²) in [6.07, 6.45) is 5.56. The van der Waals surface area contributed by atoms with E-state index in [0.717, 1.165) is 12.8 Å². The van der Waals surface area contributed by atoms with Crippen molar-refractivity contribution in [2.75, 3.05) is 11.5 Å². The molecule has 1 saturated carbocycles. The summed E-state index contributed by atoms with van der Waals surface area (Å²) in [4.78, 5) is 20.3. The van der Waals surface area contributed by atoms with Gasteiger partial charge < -0.3 is 9.32 Å². The van der Waals surface area contributed by atoms with Crippen LogP contribution >= 0.6 is 0 Å².